The van der Waals surface area contributed by atoms with Gasteiger partial charge in [-0.1, -0.05) is 6.92 Å². The van der Waals surface area contributed by atoms with Crippen molar-refractivity contribution in [1.29, 1.82) is 0 Å². The molecule has 0 aliphatic carbocycles. The number of hydrogen-bond acceptors (Lipinski definition) is 3. The fourth-order valence-electron chi connectivity index (χ4n) is 2.05. The largest absolute Gasteiger partial charge is 0.375 e. The molecule has 16 heavy (non-hydrogen) atoms. The molecule has 0 spiro atoms. The first kappa shape index (κ1) is 13.2. The van der Waals surface area contributed by atoms with Crippen LogP contribution in [0.5, 0.6) is 0 Å². The van der Waals surface area contributed by atoms with E-state index in [2.05, 4.69) is 25.9 Å². The fraction of sp³-hybridized carbons (Fsp3) is 0.750. The van der Waals surface area contributed by atoms with Crippen LogP contribution in [0.25, 0.3) is 0 Å². The van der Waals surface area contributed by atoms with Crippen LogP contribution in [-0.2, 0) is 17.7 Å². The van der Waals surface area contributed by atoms with E-state index in [1.165, 1.54) is 11.3 Å². The lowest BCUT2D eigenvalue weighted by Gasteiger charge is -2.15. The van der Waals surface area contributed by atoms with E-state index >= 15 is 0 Å². The molecule has 0 aliphatic rings. The molecule has 1 atom stereocenters. The molecule has 2 N–H and O–H groups in total. The molecule has 0 bridgehead atoms. The zero-order valence-corrected chi connectivity index (χ0v) is 10.8. The van der Waals surface area contributed by atoms with Crippen molar-refractivity contribution in [2.24, 2.45) is 5.73 Å². The van der Waals surface area contributed by atoms with Gasteiger partial charge >= 0.3 is 0 Å². The van der Waals surface area contributed by atoms with Gasteiger partial charge in [-0.3, -0.25) is 4.68 Å². The van der Waals surface area contributed by atoms with E-state index in [-0.39, 0.29) is 6.10 Å². The van der Waals surface area contributed by atoms with Crippen LogP contribution in [0, 0.1) is 13.8 Å². The summed E-state index contributed by atoms with van der Waals surface area (Å²) in [5, 5.41) is 4.53. The Bertz CT molecular complexity index is 333. The Morgan fingerprint density at radius 2 is 2.06 bits per heavy atom. The second-order valence-electron chi connectivity index (χ2n) is 4.00. The minimum atomic E-state index is 0.0627. The molecule has 92 valence electrons. The normalized spacial score (nSPS) is 13.1. The van der Waals surface area contributed by atoms with Crippen molar-refractivity contribution >= 4 is 0 Å². The van der Waals surface area contributed by atoms with Gasteiger partial charge in [0.1, 0.15) is 0 Å². The molecule has 1 rings (SSSR count). The summed E-state index contributed by atoms with van der Waals surface area (Å²) in [7, 11) is 0. The Labute approximate surface area is 97.8 Å². The first-order chi connectivity index (χ1) is 7.63. The minimum absolute atomic E-state index is 0.0627. The number of hydrogen-bond donors (Lipinski definition) is 1. The maximum atomic E-state index is 5.67. The molecule has 0 saturated carbocycles. The van der Waals surface area contributed by atoms with Crippen LogP contribution < -0.4 is 5.73 Å². The predicted octanol–water partition coefficient (Wildman–Crippen LogP) is 1.43. The second kappa shape index (κ2) is 6.01. The Morgan fingerprint density at radius 1 is 1.38 bits per heavy atom. The molecule has 1 unspecified atom stereocenters. The van der Waals surface area contributed by atoms with Crippen LogP contribution in [-0.4, -0.2) is 29.0 Å². The Kier molecular flexibility index (Phi) is 4.96. The van der Waals surface area contributed by atoms with Crippen LogP contribution in [0.1, 0.15) is 30.8 Å². The molecule has 0 aliphatic heterocycles. The highest BCUT2D eigenvalue weighted by molar-refractivity contribution is 5.24. The van der Waals surface area contributed by atoms with E-state index in [4.69, 9.17) is 10.5 Å². The molecule has 4 nitrogen and oxygen atoms in total. The Balaban J connectivity index is 2.80. The van der Waals surface area contributed by atoms with Gasteiger partial charge in [-0.2, -0.15) is 5.10 Å². The topological polar surface area (TPSA) is 53.1 Å². The van der Waals surface area contributed by atoms with Crippen LogP contribution in [0.3, 0.4) is 0 Å². The van der Waals surface area contributed by atoms with Crippen molar-refractivity contribution in [3.63, 3.8) is 0 Å². The molecule has 1 aromatic heterocycles. The smallest absolute Gasteiger partial charge is 0.0892 e. The summed E-state index contributed by atoms with van der Waals surface area (Å²) in [6, 6.07) is 0. The molecule has 0 saturated heterocycles. The van der Waals surface area contributed by atoms with E-state index in [0.29, 0.717) is 13.2 Å². The van der Waals surface area contributed by atoms with Crippen molar-refractivity contribution in [3.05, 3.63) is 17.0 Å². The first-order valence-corrected chi connectivity index (χ1v) is 5.98. The van der Waals surface area contributed by atoms with Gasteiger partial charge in [-0.15, -0.1) is 0 Å². The van der Waals surface area contributed by atoms with Crippen LogP contribution in [0.2, 0.25) is 0 Å². The molecule has 0 fully saturated rings. The van der Waals surface area contributed by atoms with E-state index < -0.39 is 0 Å². The third-order valence-corrected chi connectivity index (χ3v) is 2.93. The summed E-state index contributed by atoms with van der Waals surface area (Å²) < 4.78 is 7.56. The van der Waals surface area contributed by atoms with Gasteiger partial charge in [-0.05, 0) is 32.8 Å². The molecule has 0 aromatic carbocycles. The lowest BCUT2D eigenvalue weighted by Crippen LogP contribution is -2.29. The van der Waals surface area contributed by atoms with E-state index in [1.54, 1.807) is 0 Å². The predicted molar refractivity (Wildman–Crippen MR) is 65.5 cm³/mol. The average molecular weight is 225 g/mol. The van der Waals surface area contributed by atoms with Gasteiger partial charge < -0.3 is 10.5 Å². The van der Waals surface area contributed by atoms with Crippen LogP contribution in [0.4, 0.5) is 0 Å². The van der Waals surface area contributed by atoms with Gasteiger partial charge in [0.15, 0.2) is 0 Å². The quantitative estimate of drug-likeness (QED) is 0.796. The summed E-state index contributed by atoms with van der Waals surface area (Å²) in [6.07, 6.45) is 1.09. The lowest BCUT2D eigenvalue weighted by molar-refractivity contribution is 0.0537. The van der Waals surface area contributed by atoms with Gasteiger partial charge in [0.05, 0.1) is 18.3 Å². The monoisotopic (exact) mass is 225 g/mol. The van der Waals surface area contributed by atoms with E-state index in [9.17, 15) is 0 Å². The molecular weight excluding hydrogens is 202 g/mol. The highest BCUT2D eigenvalue weighted by atomic mass is 16.5. The van der Waals surface area contributed by atoms with Crippen LogP contribution >= 0.6 is 0 Å². The third-order valence-electron chi connectivity index (χ3n) is 2.93. The minimum Gasteiger partial charge on any atom is -0.375 e. The van der Waals surface area contributed by atoms with Crippen molar-refractivity contribution in [2.75, 3.05) is 13.2 Å². The fourth-order valence-corrected chi connectivity index (χ4v) is 2.05. The summed E-state index contributed by atoms with van der Waals surface area (Å²) in [4.78, 5) is 0. The zero-order chi connectivity index (χ0) is 12.1. The molecule has 1 heterocycles. The zero-order valence-electron chi connectivity index (χ0n) is 10.8. The van der Waals surface area contributed by atoms with Gasteiger partial charge in [-0.25, -0.2) is 0 Å². The van der Waals surface area contributed by atoms with Crippen molar-refractivity contribution in [3.8, 4) is 0 Å². The van der Waals surface area contributed by atoms with Gasteiger partial charge in [0.25, 0.3) is 0 Å². The van der Waals surface area contributed by atoms with Crippen molar-refractivity contribution in [2.45, 2.75) is 46.8 Å². The lowest BCUT2D eigenvalue weighted by atomic mass is 10.1. The summed E-state index contributed by atoms with van der Waals surface area (Å²) in [5.74, 6) is 0. The van der Waals surface area contributed by atoms with E-state index in [1.807, 2.05) is 11.6 Å². The van der Waals surface area contributed by atoms with Gasteiger partial charge in [0, 0.05) is 18.8 Å². The number of rotatable bonds is 6. The first-order valence-electron chi connectivity index (χ1n) is 5.98. The molecule has 0 radical (unpaired) electrons. The summed E-state index contributed by atoms with van der Waals surface area (Å²) in [5.41, 5.74) is 9.36. The van der Waals surface area contributed by atoms with Crippen molar-refractivity contribution in [1.82, 2.24) is 9.78 Å². The molecule has 4 heteroatoms. The number of ether oxygens (including phenoxy) is 1. The maximum Gasteiger partial charge on any atom is 0.0892 e. The van der Waals surface area contributed by atoms with E-state index in [0.717, 1.165) is 18.7 Å². The highest BCUT2D eigenvalue weighted by Gasteiger charge is 2.13. The summed E-state index contributed by atoms with van der Waals surface area (Å²) in [6.45, 7) is 10.3. The molecule has 0 amide bonds. The third kappa shape index (κ3) is 2.83. The average Bonchev–Trinajstić information content (AvgIpc) is 2.53. The number of nitrogens with zero attached hydrogens (tertiary/aromatic N) is 2. The van der Waals surface area contributed by atoms with Crippen LogP contribution in [0.15, 0.2) is 0 Å². The SMILES string of the molecule is CCOC(CN)Cn1nc(C)c(CC)c1C. The van der Waals surface area contributed by atoms with Gasteiger partial charge in [0.2, 0.25) is 0 Å². The molecule has 1 aromatic rings. The van der Waals surface area contributed by atoms with Crippen molar-refractivity contribution < 1.29 is 4.74 Å². The Hall–Kier alpha value is -0.870. The standard InChI is InChI=1S/C12H23N3O/c1-5-12-9(3)14-15(10(12)4)8-11(7-13)16-6-2/h11H,5-8,13H2,1-4H3. The number of aromatic nitrogens is 2. The number of aryl methyl sites for hydroxylation is 1. The highest BCUT2D eigenvalue weighted by Crippen LogP contribution is 2.14. The number of nitrogens with two attached hydrogens (primary N) is 1. The Morgan fingerprint density at radius 3 is 2.50 bits per heavy atom. The molecular formula is C12H23N3O. The maximum absolute atomic E-state index is 5.67. The second-order valence-corrected chi connectivity index (χ2v) is 4.00. The summed E-state index contributed by atoms with van der Waals surface area (Å²) >= 11 is 0.